The molecule has 0 saturated carbocycles. The summed E-state index contributed by atoms with van der Waals surface area (Å²) in [6.07, 6.45) is 5.42. The topological polar surface area (TPSA) is 47.5 Å². The van der Waals surface area contributed by atoms with E-state index in [-0.39, 0.29) is 6.10 Å². The van der Waals surface area contributed by atoms with Gasteiger partial charge in [0, 0.05) is 42.7 Å². The van der Waals surface area contributed by atoms with Gasteiger partial charge in [-0.25, -0.2) is 9.97 Å². The van der Waals surface area contributed by atoms with Gasteiger partial charge in [-0.3, -0.25) is 4.90 Å². The van der Waals surface area contributed by atoms with Gasteiger partial charge in [0.05, 0.1) is 6.10 Å². The zero-order valence-electron chi connectivity index (χ0n) is 17.2. The van der Waals surface area contributed by atoms with Crippen LogP contribution in [0.1, 0.15) is 31.9 Å². The Hall–Kier alpha value is -2.92. The zero-order valence-corrected chi connectivity index (χ0v) is 17.2. The molecule has 0 N–H and O–H groups in total. The van der Waals surface area contributed by atoms with Gasteiger partial charge < -0.3 is 9.47 Å². The molecule has 1 aliphatic heterocycles. The Morgan fingerprint density at radius 2 is 1.83 bits per heavy atom. The molecule has 1 atom stereocenters. The molecule has 0 bridgehead atoms. The van der Waals surface area contributed by atoms with Gasteiger partial charge in [-0.05, 0) is 56.2 Å². The summed E-state index contributed by atoms with van der Waals surface area (Å²) in [5.74, 6) is 1.87. The van der Waals surface area contributed by atoms with Crippen molar-refractivity contribution >= 4 is 0 Å². The van der Waals surface area contributed by atoms with Crippen LogP contribution in [0.15, 0.2) is 61.2 Å². The van der Waals surface area contributed by atoms with Crippen molar-refractivity contribution in [2.24, 2.45) is 0 Å². The van der Waals surface area contributed by atoms with Crippen molar-refractivity contribution in [2.45, 2.75) is 46.0 Å². The van der Waals surface area contributed by atoms with E-state index in [0.29, 0.717) is 12.6 Å². The summed E-state index contributed by atoms with van der Waals surface area (Å²) in [6, 6.07) is 15.0. The molecule has 2 heterocycles. The lowest BCUT2D eigenvalue weighted by Gasteiger charge is -2.26. The van der Waals surface area contributed by atoms with Gasteiger partial charge >= 0.3 is 0 Å². The van der Waals surface area contributed by atoms with Crippen LogP contribution < -0.4 is 9.47 Å². The summed E-state index contributed by atoms with van der Waals surface area (Å²) < 4.78 is 11.8. The minimum absolute atomic E-state index is 0.185. The van der Waals surface area contributed by atoms with Crippen molar-refractivity contribution in [3.05, 3.63) is 72.3 Å². The summed E-state index contributed by atoms with van der Waals surface area (Å²) >= 11 is 0. The molecule has 0 spiro atoms. The van der Waals surface area contributed by atoms with E-state index in [0.717, 1.165) is 35.7 Å². The predicted molar refractivity (Wildman–Crippen MR) is 114 cm³/mol. The molecular formula is C24H27N3O2. The molecule has 0 radical (unpaired) electrons. The van der Waals surface area contributed by atoms with E-state index < -0.39 is 0 Å². The van der Waals surface area contributed by atoms with Crippen molar-refractivity contribution < 1.29 is 9.47 Å². The summed E-state index contributed by atoms with van der Waals surface area (Å²) in [5.41, 5.74) is 4.58. The van der Waals surface area contributed by atoms with E-state index in [4.69, 9.17) is 9.47 Å². The number of aromatic nitrogens is 2. The molecule has 150 valence electrons. The van der Waals surface area contributed by atoms with Crippen LogP contribution in [-0.2, 0) is 13.1 Å². The number of rotatable bonds is 5. The maximum absolute atomic E-state index is 6.09. The van der Waals surface area contributed by atoms with E-state index in [9.17, 15) is 0 Å². The van der Waals surface area contributed by atoms with Crippen molar-refractivity contribution in [3.63, 3.8) is 0 Å². The Bertz CT molecular complexity index is 942. The average molecular weight is 389 g/mol. The monoisotopic (exact) mass is 389 g/mol. The maximum atomic E-state index is 6.09. The van der Waals surface area contributed by atoms with Gasteiger partial charge in [-0.2, -0.15) is 0 Å². The summed E-state index contributed by atoms with van der Waals surface area (Å²) in [6.45, 7) is 8.68. The highest BCUT2D eigenvalue weighted by Crippen LogP contribution is 2.30. The number of nitrogens with zero attached hydrogens (tertiary/aromatic N) is 3. The van der Waals surface area contributed by atoms with E-state index in [1.54, 1.807) is 6.33 Å². The predicted octanol–water partition coefficient (Wildman–Crippen LogP) is 4.71. The second kappa shape index (κ2) is 8.62. The highest BCUT2D eigenvalue weighted by molar-refractivity contribution is 5.64. The molecule has 0 aliphatic carbocycles. The number of ether oxygens (including phenoxy) is 2. The van der Waals surface area contributed by atoms with E-state index >= 15 is 0 Å². The van der Waals surface area contributed by atoms with Gasteiger partial charge in [0.1, 0.15) is 24.4 Å². The largest absolute Gasteiger partial charge is 0.492 e. The van der Waals surface area contributed by atoms with E-state index in [1.807, 2.05) is 26.2 Å². The van der Waals surface area contributed by atoms with Gasteiger partial charge in [-0.1, -0.05) is 18.2 Å². The smallest absolute Gasteiger partial charge is 0.123 e. The lowest BCUT2D eigenvalue weighted by atomic mass is 10.0. The summed E-state index contributed by atoms with van der Waals surface area (Å²) in [7, 11) is 0. The van der Waals surface area contributed by atoms with Crippen LogP contribution in [0.4, 0.5) is 0 Å². The van der Waals surface area contributed by atoms with Gasteiger partial charge in [0.25, 0.3) is 0 Å². The van der Waals surface area contributed by atoms with E-state index in [1.165, 1.54) is 11.1 Å². The van der Waals surface area contributed by atoms with Gasteiger partial charge in [0.2, 0.25) is 0 Å². The third kappa shape index (κ3) is 4.74. The number of hydrogen-bond donors (Lipinski definition) is 0. The van der Waals surface area contributed by atoms with Crippen molar-refractivity contribution in [3.8, 4) is 22.6 Å². The maximum Gasteiger partial charge on any atom is 0.123 e. The van der Waals surface area contributed by atoms with Crippen LogP contribution in [0.3, 0.4) is 0 Å². The van der Waals surface area contributed by atoms with Crippen molar-refractivity contribution in [2.75, 3.05) is 6.61 Å². The first-order valence-electron chi connectivity index (χ1n) is 10.1. The number of hydrogen-bond acceptors (Lipinski definition) is 5. The normalized spacial score (nSPS) is 16.8. The molecular weight excluding hydrogens is 362 g/mol. The number of benzene rings is 2. The molecule has 4 rings (SSSR count). The van der Waals surface area contributed by atoms with Crippen molar-refractivity contribution in [1.82, 2.24) is 14.9 Å². The number of fused-ring (bicyclic) bond motifs is 1. The van der Waals surface area contributed by atoms with Crippen LogP contribution in [0.5, 0.6) is 11.5 Å². The SMILES string of the molecule is CC(C)Oc1ccc(CN2Cc3cc(-c4cncnc4)ccc3OCC2C)cc1. The second-order valence-electron chi connectivity index (χ2n) is 7.83. The third-order valence-corrected chi connectivity index (χ3v) is 5.11. The fraction of sp³-hybridized carbons (Fsp3) is 0.333. The highest BCUT2D eigenvalue weighted by Gasteiger charge is 2.22. The Kier molecular flexibility index (Phi) is 5.76. The molecule has 2 aromatic carbocycles. The first kappa shape index (κ1) is 19.4. The van der Waals surface area contributed by atoms with Crippen LogP contribution in [0.2, 0.25) is 0 Å². The lowest BCUT2D eigenvalue weighted by molar-refractivity contribution is 0.151. The Morgan fingerprint density at radius 3 is 2.55 bits per heavy atom. The molecule has 0 saturated heterocycles. The fourth-order valence-electron chi connectivity index (χ4n) is 3.55. The van der Waals surface area contributed by atoms with Gasteiger partial charge in [0.15, 0.2) is 0 Å². The minimum atomic E-state index is 0.185. The van der Waals surface area contributed by atoms with Crippen LogP contribution >= 0.6 is 0 Å². The molecule has 1 aliphatic rings. The molecule has 3 aromatic rings. The molecule has 1 aromatic heterocycles. The lowest BCUT2D eigenvalue weighted by Crippen LogP contribution is -2.34. The quantitative estimate of drug-likeness (QED) is 0.632. The molecule has 5 nitrogen and oxygen atoms in total. The molecule has 1 unspecified atom stereocenters. The van der Waals surface area contributed by atoms with E-state index in [2.05, 4.69) is 64.3 Å². The minimum Gasteiger partial charge on any atom is -0.492 e. The molecule has 0 fully saturated rings. The third-order valence-electron chi connectivity index (χ3n) is 5.11. The molecule has 0 amide bonds. The Balaban J connectivity index is 1.53. The first-order chi connectivity index (χ1) is 14.1. The molecule has 5 heteroatoms. The summed E-state index contributed by atoms with van der Waals surface area (Å²) in [4.78, 5) is 10.7. The Labute approximate surface area is 172 Å². The summed E-state index contributed by atoms with van der Waals surface area (Å²) in [5, 5.41) is 0. The van der Waals surface area contributed by atoms with Crippen molar-refractivity contribution in [1.29, 1.82) is 0 Å². The highest BCUT2D eigenvalue weighted by atomic mass is 16.5. The zero-order chi connectivity index (χ0) is 20.2. The van der Waals surface area contributed by atoms with Crippen LogP contribution in [0, 0.1) is 0 Å². The fourth-order valence-corrected chi connectivity index (χ4v) is 3.55. The standard InChI is InChI=1S/C24H27N3O2/c1-17(2)29-23-7-4-19(5-8-23)13-27-14-21-10-20(22-11-25-16-26-12-22)6-9-24(21)28-15-18(27)3/h4-12,16-18H,13-15H2,1-3H3. The second-order valence-corrected chi connectivity index (χ2v) is 7.83. The van der Waals surface area contributed by atoms with Gasteiger partial charge in [-0.15, -0.1) is 0 Å². The van der Waals surface area contributed by atoms with Crippen LogP contribution in [-0.4, -0.2) is 33.6 Å². The first-order valence-corrected chi connectivity index (χ1v) is 10.1. The van der Waals surface area contributed by atoms with Crippen LogP contribution in [0.25, 0.3) is 11.1 Å². The average Bonchev–Trinajstić information content (AvgIpc) is 2.88. The molecule has 29 heavy (non-hydrogen) atoms. The Morgan fingerprint density at radius 1 is 1.07 bits per heavy atom.